The molecular formula is C8H8F2O2. The van der Waals surface area contributed by atoms with Crippen molar-refractivity contribution >= 4 is 5.97 Å². The topological polar surface area (TPSA) is 37.3 Å². The van der Waals surface area contributed by atoms with Gasteiger partial charge >= 0.3 is 5.97 Å². The number of carboxylic acid groups (broad SMARTS) is 1. The van der Waals surface area contributed by atoms with E-state index in [0.717, 1.165) is 0 Å². The second-order valence-corrected chi connectivity index (χ2v) is 4.22. The minimum atomic E-state index is -2.66. The van der Waals surface area contributed by atoms with Crippen LogP contribution in [0.4, 0.5) is 8.78 Å². The molecule has 2 nitrogen and oxygen atoms in total. The van der Waals surface area contributed by atoms with Crippen molar-refractivity contribution in [1.82, 2.24) is 0 Å². The number of rotatable bonds is 1. The zero-order valence-corrected chi connectivity index (χ0v) is 6.31. The average molecular weight is 174 g/mol. The summed E-state index contributed by atoms with van der Waals surface area (Å²) in [7, 11) is 0. The summed E-state index contributed by atoms with van der Waals surface area (Å²) in [5, 5.41) is 8.59. The Morgan fingerprint density at radius 3 is 2.25 bits per heavy atom. The van der Waals surface area contributed by atoms with Gasteiger partial charge in [0.25, 0.3) is 5.92 Å². The highest BCUT2D eigenvalue weighted by Crippen LogP contribution is 2.97. The van der Waals surface area contributed by atoms with Crippen LogP contribution >= 0.6 is 0 Å². The van der Waals surface area contributed by atoms with Crippen molar-refractivity contribution in [2.45, 2.75) is 25.2 Å². The van der Waals surface area contributed by atoms with E-state index in [1.807, 2.05) is 0 Å². The van der Waals surface area contributed by atoms with Gasteiger partial charge in [-0.25, -0.2) is 8.78 Å². The average Bonchev–Trinajstić information content (AvgIpc) is 2.82. The molecule has 1 N–H and O–H groups in total. The van der Waals surface area contributed by atoms with Crippen molar-refractivity contribution in [1.29, 1.82) is 0 Å². The fourth-order valence-electron chi connectivity index (χ4n) is 3.02. The van der Waals surface area contributed by atoms with Gasteiger partial charge in [-0.3, -0.25) is 4.79 Å². The van der Waals surface area contributed by atoms with Gasteiger partial charge in [-0.1, -0.05) is 0 Å². The largest absolute Gasteiger partial charge is 0.481 e. The summed E-state index contributed by atoms with van der Waals surface area (Å²) in [6.07, 6.45) is 1.27. The third-order valence-electron chi connectivity index (χ3n) is 3.96. The van der Waals surface area contributed by atoms with Gasteiger partial charge in [0.2, 0.25) is 0 Å². The van der Waals surface area contributed by atoms with Gasteiger partial charge in [-0.15, -0.1) is 0 Å². The second-order valence-electron chi connectivity index (χ2n) is 4.22. The predicted molar refractivity (Wildman–Crippen MR) is 34.8 cm³/mol. The first-order chi connectivity index (χ1) is 5.50. The molecule has 3 aliphatic carbocycles. The molecule has 2 spiro atoms. The number of carbonyl (C=O) groups is 1. The Morgan fingerprint density at radius 1 is 1.42 bits per heavy atom. The maximum absolute atomic E-state index is 13.2. The number of aliphatic carboxylic acids is 1. The Hall–Kier alpha value is -0.670. The normalized spacial score (nSPS) is 49.3. The van der Waals surface area contributed by atoms with E-state index < -0.39 is 28.6 Å². The maximum Gasteiger partial charge on any atom is 0.307 e. The summed E-state index contributed by atoms with van der Waals surface area (Å²) in [6.45, 7) is 0. The Bertz CT molecular complexity index is 289. The van der Waals surface area contributed by atoms with E-state index in [-0.39, 0.29) is 6.42 Å². The lowest BCUT2D eigenvalue weighted by Crippen LogP contribution is -2.04. The lowest BCUT2D eigenvalue weighted by Gasteiger charge is -1.89. The summed E-state index contributed by atoms with van der Waals surface area (Å²) in [6, 6.07) is 0. The number of carboxylic acids is 1. The van der Waals surface area contributed by atoms with Crippen molar-refractivity contribution in [2.75, 3.05) is 0 Å². The molecule has 0 saturated heterocycles. The summed E-state index contributed by atoms with van der Waals surface area (Å²) >= 11 is 0. The number of hydrogen-bond donors (Lipinski definition) is 1. The van der Waals surface area contributed by atoms with Gasteiger partial charge in [-0.05, 0) is 19.3 Å². The van der Waals surface area contributed by atoms with Crippen LogP contribution < -0.4 is 0 Å². The number of alkyl halides is 2. The van der Waals surface area contributed by atoms with Crippen molar-refractivity contribution < 1.29 is 18.7 Å². The molecule has 3 aliphatic rings. The van der Waals surface area contributed by atoms with Crippen LogP contribution in [0.15, 0.2) is 0 Å². The van der Waals surface area contributed by atoms with Crippen molar-refractivity contribution in [3.05, 3.63) is 0 Å². The molecule has 0 heterocycles. The fraction of sp³-hybridized carbons (Fsp3) is 0.875. The molecular weight excluding hydrogens is 166 g/mol. The highest BCUT2D eigenvalue weighted by atomic mass is 19.3. The van der Waals surface area contributed by atoms with Crippen LogP contribution in [0.25, 0.3) is 0 Å². The fourth-order valence-corrected chi connectivity index (χ4v) is 3.02. The molecule has 4 heteroatoms. The van der Waals surface area contributed by atoms with Gasteiger partial charge in [-0.2, -0.15) is 0 Å². The number of hydrogen-bond acceptors (Lipinski definition) is 1. The molecule has 0 radical (unpaired) electrons. The van der Waals surface area contributed by atoms with Gasteiger partial charge in [0.05, 0.1) is 11.3 Å². The van der Waals surface area contributed by atoms with E-state index in [9.17, 15) is 13.6 Å². The third kappa shape index (κ3) is 0.361. The molecule has 66 valence electrons. The van der Waals surface area contributed by atoms with E-state index in [4.69, 9.17) is 5.11 Å². The van der Waals surface area contributed by atoms with Crippen molar-refractivity contribution in [3.63, 3.8) is 0 Å². The first kappa shape index (κ1) is 6.80. The van der Waals surface area contributed by atoms with Gasteiger partial charge in [0.15, 0.2) is 0 Å². The molecule has 0 aliphatic heterocycles. The molecule has 0 bridgehead atoms. The smallest absolute Gasteiger partial charge is 0.307 e. The number of fused-ring (bicyclic) bond motifs is 1. The van der Waals surface area contributed by atoms with E-state index >= 15 is 0 Å². The standard InChI is InChI=1S/C8H8F2O2/c9-8(10)6(1-2-6)7(8)3-4(7)5(11)12/h4H,1-3H2,(H,11,12)/t4-,7+/m0/s1. The Labute approximate surface area is 67.6 Å². The molecule has 2 atom stereocenters. The highest BCUT2D eigenvalue weighted by Gasteiger charge is 3.04. The molecule has 0 unspecified atom stereocenters. The predicted octanol–water partition coefficient (Wildman–Crippen LogP) is 1.51. The van der Waals surface area contributed by atoms with Gasteiger partial charge in [0, 0.05) is 5.41 Å². The Morgan fingerprint density at radius 2 is 2.00 bits per heavy atom. The van der Waals surface area contributed by atoms with E-state index in [0.29, 0.717) is 12.8 Å². The van der Waals surface area contributed by atoms with Crippen LogP contribution in [0.5, 0.6) is 0 Å². The van der Waals surface area contributed by atoms with Crippen LogP contribution in [-0.4, -0.2) is 17.0 Å². The summed E-state index contributed by atoms with van der Waals surface area (Å²) in [4.78, 5) is 10.5. The highest BCUT2D eigenvalue weighted by molar-refractivity contribution is 5.78. The van der Waals surface area contributed by atoms with Crippen LogP contribution in [-0.2, 0) is 4.79 Å². The first-order valence-electron chi connectivity index (χ1n) is 4.10. The van der Waals surface area contributed by atoms with Gasteiger partial charge in [0.1, 0.15) is 0 Å². The summed E-state index contributed by atoms with van der Waals surface area (Å²) in [5.74, 6) is -4.46. The van der Waals surface area contributed by atoms with Crippen molar-refractivity contribution in [3.8, 4) is 0 Å². The third-order valence-corrected chi connectivity index (χ3v) is 3.96. The number of halogens is 2. The maximum atomic E-state index is 13.2. The Balaban J connectivity index is 1.95. The summed E-state index contributed by atoms with van der Waals surface area (Å²) < 4.78 is 26.3. The zero-order chi connectivity index (χ0) is 8.78. The molecule has 0 amide bonds. The Kier molecular flexibility index (Phi) is 0.735. The minimum absolute atomic E-state index is 0.204. The SMILES string of the molecule is O=C(O)[C@@H]1C[C@@]12C(F)(F)C21CC1. The molecule has 0 aromatic heterocycles. The van der Waals surface area contributed by atoms with Crippen LogP contribution in [0, 0.1) is 16.7 Å². The first-order valence-corrected chi connectivity index (χ1v) is 4.10. The lowest BCUT2D eigenvalue weighted by molar-refractivity contribution is -0.139. The summed E-state index contributed by atoms with van der Waals surface area (Å²) in [5.41, 5.74) is -1.95. The lowest BCUT2D eigenvalue weighted by atomic mass is 10.2. The molecule has 3 fully saturated rings. The van der Waals surface area contributed by atoms with Crippen LogP contribution in [0.2, 0.25) is 0 Å². The quantitative estimate of drug-likeness (QED) is 0.654. The van der Waals surface area contributed by atoms with E-state index in [2.05, 4.69) is 0 Å². The van der Waals surface area contributed by atoms with E-state index in [1.165, 1.54) is 0 Å². The minimum Gasteiger partial charge on any atom is -0.481 e. The zero-order valence-electron chi connectivity index (χ0n) is 6.31. The van der Waals surface area contributed by atoms with Gasteiger partial charge < -0.3 is 5.11 Å². The molecule has 12 heavy (non-hydrogen) atoms. The van der Waals surface area contributed by atoms with Crippen LogP contribution in [0.3, 0.4) is 0 Å². The molecule has 3 saturated carbocycles. The van der Waals surface area contributed by atoms with Crippen molar-refractivity contribution in [2.24, 2.45) is 16.7 Å². The molecule has 0 aromatic carbocycles. The molecule has 0 aromatic rings. The monoisotopic (exact) mass is 174 g/mol. The second kappa shape index (κ2) is 1.30. The molecule has 3 rings (SSSR count). The van der Waals surface area contributed by atoms with Crippen LogP contribution in [0.1, 0.15) is 19.3 Å². The van der Waals surface area contributed by atoms with E-state index in [1.54, 1.807) is 0 Å².